The van der Waals surface area contributed by atoms with Gasteiger partial charge in [-0.1, -0.05) is 22.8 Å². The van der Waals surface area contributed by atoms with Crippen LogP contribution < -0.4 is 0 Å². The van der Waals surface area contributed by atoms with E-state index in [1.807, 2.05) is 0 Å². The van der Waals surface area contributed by atoms with Gasteiger partial charge in [0.05, 0.1) is 28.4 Å². The summed E-state index contributed by atoms with van der Waals surface area (Å²) < 4.78 is 73.8. The predicted molar refractivity (Wildman–Crippen MR) is 113 cm³/mol. The van der Waals surface area contributed by atoms with Gasteiger partial charge in [-0.05, 0) is 36.4 Å². The number of halogens is 6. The Balaban J connectivity index is 1.40. The van der Waals surface area contributed by atoms with Crippen LogP contribution in [-0.2, 0) is 12.7 Å². The summed E-state index contributed by atoms with van der Waals surface area (Å²) >= 11 is 5.84. The van der Waals surface area contributed by atoms with Crippen LogP contribution in [0.3, 0.4) is 0 Å². The van der Waals surface area contributed by atoms with Crippen molar-refractivity contribution in [1.82, 2.24) is 19.7 Å². The van der Waals surface area contributed by atoms with E-state index in [0.717, 1.165) is 12.1 Å². The molecule has 2 aliphatic heterocycles. The third-order valence-corrected chi connectivity index (χ3v) is 5.38. The summed E-state index contributed by atoms with van der Waals surface area (Å²) in [5.41, 5.74) is 0.0669. The first-order chi connectivity index (χ1) is 16.2. The van der Waals surface area contributed by atoms with E-state index in [1.165, 1.54) is 18.2 Å². The average Bonchev–Trinajstić information content (AvgIpc) is 3.41. The lowest BCUT2D eigenvalue weighted by atomic mass is 10.1. The average molecular weight is 491 g/mol. The summed E-state index contributed by atoms with van der Waals surface area (Å²) in [6.45, 7) is 0.179. The van der Waals surface area contributed by atoms with Crippen molar-refractivity contribution in [2.75, 3.05) is 0 Å². The van der Waals surface area contributed by atoms with Crippen LogP contribution in [0.25, 0.3) is 34.0 Å². The predicted octanol–water partition coefficient (Wildman–Crippen LogP) is 6.70. The molecule has 0 saturated heterocycles. The Morgan fingerprint density at radius 3 is 2.47 bits per heavy atom. The summed E-state index contributed by atoms with van der Waals surface area (Å²) in [7, 11) is 0. The maximum absolute atomic E-state index is 14.3. The lowest BCUT2D eigenvalue weighted by molar-refractivity contribution is -0.137. The molecule has 0 spiro atoms. The van der Waals surface area contributed by atoms with Crippen molar-refractivity contribution in [3.8, 4) is 34.0 Å². The van der Waals surface area contributed by atoms with Crippen LogP contribution in [-0.4, -0.2) is 19.7 Å². The van der Waals surface area contributed by atoms with Crippen LogP contribution in [0.2, 0.25) is 5.02 Å². The molecular weight excluding hydrogens is 479 g/mol. The van der Waals surface area contributed by atoms with Gasteiger partial charge in [0.25, 0.3) is 0 Å². The van der Waals surface area contributed by atoms with Gasteiger partial charge in [0.1, 0.15) is 17.2 Å². The second-order valence-corrected chi connectivity index (χ2v) is 7.81. The normalized spacial score (nSPS) is 11.9. The zero-order chi connectivity index (χ0) is 24.0. The molecule has 0 bridgehead atoms. The maximum atomic E-state index is 14.3. The van der Waals surface area contributed by atoms with Crippen molar-refractivity contribution >= 4 is 11.6 Å². The molecule has 34 heavy (non-hydrogen) atoms. The van der Waals surface area contributed by atoms with E-state index in [-0.39, 0.29) is 34.2 Å². The highest BCUT2D eigenvalue weighted by Gasteiger charge is 2.31. The molecule has 11 heteroatoms. The second-order valence-electron chi connectivity index (χ2n) is 7.41. The van der Waals surface area contributed by atoms with Crippen LogP contribution in [0.5, 0.6) is 0 Å². The molecule has 2 aliphatic rings. The number of aromatic nitrogens is 4. The van der Waals surface area contributed by atoms with E-state index in [9.17, 15) is 22.0 Å². The van der Waals surface area contributed by atoms with Crippen molar-refractivity contribution in [3.05, 3.63) is 88.9 Å². The van der Waals surface area contributed by atoms with E-state index in [2.05, 4.69) is 15.1 Å². The Morgan fingerprint density at radius 1 is 0.912 bits per heavy atom. The smallest absolute Gasteiger partial charge is 0.359 e. The van der Waals surface area contributed by atoms with Gasteiger partial charge >= 0.3 is 6.18 Å². The monoisotopic (exact) mass is 490 g/mol. The first-order valence-corrected chi connectivity index (χ1v) is 10.2. The molecule has 0 aliphatic carbocycles. The lowest BCUT2D eigenvalue weighted by Crippen LogP contribution is -2.05. The van der Waals surface area contributed by atoms with Gasteiger partial charge in [0, 0.05) is 24.0 Å². The van der Waals surface area contributed by atoms with Crippen LogP contribution in [0.4, 0.5) is 22.0 Å². The fraction of sp³-hybridized carbons (Fsp3) is 0.0870. The van der Waals surface area contributed by atoms with Gasteiger partial charge in [0.2, 0.25) is 0 Å². The third kappa shape index (κ3) is 4.12. The summed E-state index contributed by atoms with van der Waals surface area (Å²) in [5, 5.41) is 3.73. The molecule has 0 saturated carbocycles. The number of rotatable bonds is 4. The molecule has 0 atom stereocenters. The Labute approximate surface area is 193 Å². The minimum atomic E-state index is -4.65. The largest absolute Gasteiger partial charge is 0.416 e. The van der Waals surface area contributed by atoms with Crippen molar-refractivity contribution < 1.29 is 26.5 Å². The highest BCUT2D eigenvalue weighted by Crippen LogP contribution is 2.33. The van der Waals surface area contributed by atoms with Crippen molar-refractivity contribution in [2.45, 2.75) is 12.7 Å². The summed E-state index contributed by atoms with van der Waals surface area (Å²) in [5.74, 6) is -1.15. The number of nitrogens with zero attached hydrogens (tertiary/aromatic N) is 4. The standard InChI is InChI=1S/C23H12ClF5N4O/c24-16-3-1-2-15(21(16)26)22-30-18-6-7-33(11-20(18)31-22)10-13-9-19(32-34-13)14-5-4-12(8-17(14)25)23(27,28)29/h1-9,11H,10H2. The third-order valence-electron chi connectivity index (χ3n) is 5.09. The molecule has 2 aromatic carbocycles. The molecule has 3 aromatic rings. The van der Waals surface area contributed by atoms with E-state index in [4.69, 9.17) is 16.1 Å². The molecule has 0 radical (unpaired) electrons. The van der Waals surface area contributed by atoms with Crippen molar-refractivity contribution in [2.24, 2.45) is 0 Å². The fourth-order valence-corrected chi connectivity index (χ4v) is 3.62. The minimum Gasteiger partial charge on any atom is -0.359 e. The zero-order valence-electron chi connectivity index (χ0n) is 16.9. The summed E-state index contributed by atoms with van der Waals surface area (Å²) in [6.07, 6.45) is -1.29. The molecule has 3 heterocycles. The number of pyridine rings is 1. The number of fused-ring (bicyclic) bond motifs is 1. The van der Waals surface area contributed by atoms with Gasteiger partial charge in [-0.3, -0.25) is 0 Å². The maximum Gasteiger partial charge on any atom is 0.416 e. The first kappa shape index (κ1) is 22.0. The van der Waals surface area contributed by atoms with Crippen molar-refractivity contribution in [1.29, 1.82) is 0 Å². The molecule has 0 amide bonds. The van der Waals surface area contributed by atoms with Gasteiger partial charge < -0.3 is 9.09 Å². The number of alkyl halides is 3. The molecule has 1 aromatic heterocycles. The topological polar surface area (TPSA) is 56.7 Å². The number of hydrogen-bond donors (Lipinski definition) is 0. The molecule has 0 unspecified atom stereocenters. The molecule has 0 N–H and O–H groups in total. The van der Waals surface area contributed by atoms with E-state index >= 15 is 0 Å². The Bertz CT molecular complexity index is 1480. The molecule has 0 fully saturated rings. The lowest BCUT2D eigenvalue weighted by Gasteiger charge is -2.07. The van der Waals surface area contributed by atoms with E-state index in [0.29, 0.717) is 23.2 Å². The molecule has 5 nitrogen and oxygen atoms in total. The Hall–Kier alpha value is -3.79. The first-order valence-electron chi connectivity index (χ1n) is 9.79. The minimum absolute atomic E-state index is 0.0352. The highest BCUT2D eigenvalue weighted by molar-refractivity contribution is 6.31. The van der Waals surface area contributed by atoms with E-state index in [1.54, 1.807) is 29.1 Å². The Morgan fingerprint density at radius 2 is 1.71 bits per heavy atom. The second kappa shape index (κ2) is 8.21. The van der Waals surface area contributed by atoms with E-state index < -0.39 is 23.4 Å². The molecule has 5 rings (SSSR count). The van der Waals surface area contributed by atoms with Gasteiger partial charge in [0.15, 0.2) is 17.4 Å². The van der Waals surface area contributed by atoms with Crippen LogP contribution in [0, 0.1) is 11.6 Å². The zero-order valence-corrected chi connectivity index (χ0v) is 17.7. The quantitative estimate of drug-likeness (QED) is 0.263. The highest BCUT2D eigenvalue weighted by atomic mass is 35.5. The number of benzene rings is 2. The van der Waals surface area contributed by atoms with Gasteiger partial charge in [-0.2, -0.15) is 13.2 Å². The van der Waals surface area contributed by atoms with Gasteiger partial charge in [-0.25, -0.2) is 18.7 Å². The Kier molecular flexibility index (Phi) is 5.32. The summed E-state index contributed by atoms with van der Waals surface area (Å²) in [4.78, 5) is 8.69. The molecular formula is C23H12ClF5N4O. The fourth-order valence-electron chi connectivity index (χ4n) is 3.44. The van der Waals surface area contributed by atoms with Crippen LogP contribution in [0.1, 0.15) is 11.3 Å². The summed E-state index contributed by atoms with van der Waals surface area (Å²) in [6, 6.07) is 9.88. The molecule has 172 valence electrons. The van der Waals surface area contributed by atoms with Crippen LogP contribution in [0.15, 0.2) is 65.4 Å². The number of hydrogen-bond acceptors (Lipinski definition) is 4. The van der Waals surface area contributed by atoms with Gasteiger partial charge in [-0.15, -0.1) is 0 Å². The number of imidazole rings is 1. The SMILES string of the molecule is Fc1cc(C(F)(F)F)ccc1-c1cc(Cn2ccc3nc(-c4cccc(Cl)c4F)nc-3c2)on1. The van der Waals surface area contributed by atoms with Crippen LogP contribution >= 0.6 is 11.6 Å². The van der Waals surface area contributed by atoms with Crippen molar-refractivity contribution in [3.63, 3.8) is 0 Å².